The molecule has 0 radical (unpaired) electrons. The number of fused-ring (bicyclic) bond motifs is 1. The van der Waals surface area contributed by atoms with E-state index >= 15 is 0 Å². The van der Waals surface area contributed by atoms with Crippen molar-refractivity contribution in [2.75, 3.05) is 13.1 Å². The molecule has 0 aromatic heterocycles. The summed E-state index contributed by atoms with van der Waals surface area (Å²) < 4.78 is 0. The number of likely N-dealkylation sites (tertiary alicyclic amines) is 1. The maximum absolute atomic E-state index is 13.2. The predicted molar refractivity (Wildman–Crippen MR) is 125 cm³/mol. The van der Waals surface area contributed by atoms with Crippen LogP contribution in [0.1, 0.15) is 54.6 Å². The Morgan fingerprint density at radius 2 is 1.61 bits per heavy atom. The third-order valence-corrected chi connectivity index (χ3v) is 6.27. The van der Waals surface area contributed by atoms with Crippen LogP contribution in [0.4, 0.5) is 0 Å². The zero-order valence-corrected chi connectivity index (χ0v) is 18.1. The molecule has 0 aliphatic carbocycles. The van der Waals surface area contributed by atoms with Crippen LogP contribution in [0, 0.1) is 5.92 Å². The Morgan fingerprint density at radius 3 is 2.35 bits per heavy atom. The monoisotopic (exact) mass is 414 g/mol. The fourth-order valence-corrected chi connectivity index (χ4v) is 4.51. The van der Waals surface area contributed by atoms with Crippen molar-refractivity contribution in [3.8, 4) is 0 Å². The summed E-state index contributed by atoms with van der Waals surface area (Å²) in [5.74, 6) is 0.128. The van der Waals surface area contributed by atoms with Crippen molar-refractivity contribution in [3.05, 3.63) is 83.9 Å². The van der Waals surface area contributed by atoms with Gasteiger partial charge in [0.15, 0.2) is 0 Å². The SMILES string of the molecule is CCC[C@H](NC(=O)C1CCN(C(=O)c2cccc3ccccc23)CC1)c1ccccc1. The highest BCUT2D eigenvalue weighted by molar-refractivity contribution is 6.07. The molecule has 4 nitrogen and oxygen atoms in total. The molecule has 1 atom stereocenters. The van der Waals surface area contributed by atoms with E-state index in [1.165, 1.54) is 0 Å². The van der Waals surface area contributed by atoms with Crippen molar-refractivity contribution in [2.24, 2.45) is 5.92 Å². The van der Waals surface area contributed by atoms with Crippen LogP contribution in [0.2, 0.25) is 0 Å². The molecule has 3 aromatic carbocycles. The molecule has 3 aromatic rings. The standard InChI is InChI=1S/C27H30N2O2/c1-2-9-25(21-11-4-3-5-12-21)28-26(30)22-16-18-29(19-17-22)27(31)24-15-8-13-20-10-6-7-14-23(20)24/h3-8,10-15,22,25H,2,9,16-19H2,1H3,(H,28,30)/t25-/m0/s1. The molecular formula is C27H30N2O2. The number of hydrogen-bond acceptors (Lipinski definition) is 2. The third-order valence-electron chi connectivity index (χ3n) is 6.27. The molecule has 0 saturated carbocycles. The molecule has 1 heterocycles. The van der Waals surface area contributed by atoms with Crippen molar-refractivity contribution >= 4 is 22.6 Å². The summed E-state index contributed by atoms with van der Waals surface area (Å²) in [6.45, 7) is 3.37. The summed E-state index contributed by atoms with van der Waals surface area (Å²) in [5, 5.41) is 5.32. The Kier molecular flexibility index (Phi) is 6.66. The second-order valence-electron chi connectivity index (χ2n) is 8.35. The maximum Gasteiger partial charge on any atom is 0.254 e. The van der Waals surface area contributed by atoms with Gasteiger partial charge >= 0.3 is 0 Å². The molecule has 1 aliphatic rings. The van der Waals surface area contributed by atoms with E-state index < -0.39 is 0 Å². The normalized spacial score (nSPS) is 15.6. The van der Waals surface area contributed by atoms with Crippen molar-refractivity contribution in [2.45, 2.75) is 38.6 Å². The molecule has 1 saturated heterocycles. The average molecular weight is 415 g/mol. The minimum atomic E-state index is -0.0420. The predicted octanol–water partition coefficient (Wildman–Crippen LogP) is 5.35. The summed E-state index contributed by atoms with van der Waals surface area (Å²) in [5.41, 5.74) is 1.90. The summed E-state index contributed by atoms with van der Waals surface area (Å²) in [6, 6.07) is 24.1. The first kappa shape index (κ1) is 21.1. The maximum atomic E-state index is 13.2. The highest BCUT2D eigenvalue weighted by Crippen LogP contribution is 2.25. The van der Waals surface area contributed by atoms with E-state index in [1.54, 1.807) is 0 Å². The average Bonchev–Trinajstić information content (AvgIpc) is 2.83. The summed E-state index contributed by atoms with van der Waals surface area (Å²) >= 11 is 0. The molecule has 1 fully saturated rings. The fourth-order valence-electron chi connectivity index (χ4n) is 4.51. The fraction of sp³-hybridized carbons (Fsp3) is 0.333. The Balaban J connectivity index is 1.38. The highest BCUT2D eigenvalue weighted by atomic mass is 16.2. The van der Waals surface area contributed by atoms with Crippen LogP contribution >= 0.6 is 0 Å². The van der Waals surface area contributed by atoms with Gasteiger partial charge in [-0.15, -0.1) is 0 Å². The smallest absolute Gasteiger partial charge is 0.254 e. The third kappa shape index (κ3) is 4.79. The first-order chi connectivity index (χ1) is 15.2. The van der Waals surface area contributed by atoms with Gasteiger partial charge < -0.3 is 10.2 Å². The Hall–Kier alpha value is -3.14. The number of hydrogen-bond donors (Lipinski definition) is 1. The van der Waals surface area contributed by atoms with Crippen molar-refractivity contribution in [1.82, 2.24) is 10.2 Å². The van der Waals surface area contributed by atoms with E-state index in [-0.39, 0.29) is 23.8 Å². The molecule has 0 spiro atoms. The van der Waals surface area contributed by atoms with Gasteiger partial charge in [-0.2, -0.15) is 0 Å². The summed E-state index contributed by atoms with van der Waals surface area (Å²) in [6.07, 6.45) is 3.35. The Bertz CT molecular complexity index is 1030. The molecule has 0 bridgehead atoms. The van der Waals surface area contributed by atoms with Crippen LogP contribution in [-0.4, -0.2) is 29.8 Å². The molecule has 1 N–H and O–H groups in total. The van der Waals surface area contributed by atoms with Crippen molar-refractivity contribution < 1.29 is 9.59 Å². The quantitative estimate of drug-likeness (QED) is 0.591. The second kappa shape index (κ2) is 9.78. The van der Waals surface area contributed by atoms with Gasteiger partial charge in [-0.25, -0.2) is 0 Å². The van der Waals surface area contributed by atoms with Gasteiger partial charge in [-0.1, -0.05) is 80.1 Å². The number of amides is 2. The van der Waals surface area contributed by atoms with Crippen LogP contribution in [0.15, 0.2) is 72.8 Å². The minimum absolute atomic E-state index is 0.0420. The van der Waals surface area contributed by atoms with Gasteiger partial charge in [0.25, 0.3) is 5.91 Å². The number of nitrogens with one attached hydrogen (secondary N) is 1. The van der Waals surface area contributed by atoms with Gasteiger partial charge in [0.2, 0.25) is 5.91 Å². The lowest BCUT2D eigenvalue weighted by Gasteiger charge is -2.32. The van der Waals surface area contributed by atoms with Gasteiger partial charge in [-0.05, 0) is 41.7 Å². The lowest BCUT2D eigenvalue weighted by molar-refractivity contribution is -0.127. The lowest BCUT2D eigenvalue weighted by atomic mass is 9.93. The Labute approximate surface area is 184 Å². The van der Waals surface area contributed by atoms with E-state index in [0.29, 0.717) is 25.9 Å². The zero-order chi connectivity index (χ0) is 21.6. The van der Waals surface area contributed by atoms with Crippen LogP contribution in [0.25, 0.3) is 10.8 Å². The van der Waals surface area contributed by atoms with E-state index in [0.717, 1.165) is 34.7 Å². The number of carbonyl (C=O) groups excluding carboxylic acids is 2. The first-order valence-corrected chi connectivity index (χ1v) is 11.3. The topological polar surface area (TPSA) is 49.4 Å². The molecule has 1 aliphatic heterocycles. The second-order valence-corrected chi connectivity index (χ2v) is 8.35. The molecule has 31 heavy (non-hydrogen) atoms. The van der Waals surface area contributed by atoms with Gasteiger partial charge in [-0.3, -0.25) is 9.59 Å². The number of rotatable bonds is 6. The van der Waals surface area contributed by atoms with Crippen molar-refractivity contribution in [1.29, 1.82) is 0 Å². The molecule has 160 valence electrons. The summed E-state index contributed by atoms with van der Waals surface area (Å²) in [7, 11) is 0. The number of piperidine rings is 1. The summed E-state index contributed by atoms with van der Waals surface area (Å²) in [4.78, 5) is 28.0. The first-order valence-electron chi connectivity index (χ1n) is 11.3. The Morgan fingerprint density at radius 1 is 0.935 bits per heavy atom. The lowest BCUT2D eigenvalue weighted by Crippen LogP contribution is -2.43. The minimum Gasteiger partial charge on any atom is -0.349 e. The van der Waals surface area contributed by atoms with Crippen LogP contribution in [0.3, 0.4) is 0 Å². The number of carbonyl (C=O) groups is 2. The molecule has 4 rings (SSSR count). The van der Waals surface area contributed by atoms with Crippen molar-refractivity contribution in [3.63, 3.8) is 0 Å². The van der Waals surface area contributed by atoms with Crippen LogP contribution < -0.4 is 5.32 Å². The van der Waals surface area contributed by atoms with E-state index in [2.05, 4.69) is 24.4 Å². The van der Waals surface area contributed by atoms with Crippen LogP contribution in [-0.2, 0) is 4.79 Å². The molecule has 2 amide bonds. The van der Waals surface area contributed by atoms with Crippen LogP contribution in [0.5, 0.6) is 0 Å². The van der Waals surface area contributed by atoms with E-state index in [1.807, 2.05) is 65.6 Å². The van der Waals surface area contributed by atoms with Gasteiger partial charge in [0.1, 0.15) is 0 Å². The molecule has 0 unspecified atom stereocenters. The largest absolute Gasteiger partial charge is 0.349 e. The molecule has 4 heteroatoms. The van der Waals surface area contributed by atoms with Gasteiger partial charge in [0, 0.05) is 24.6 Å². The van der Waals surface area contributed by atoms with E-state index in [9.17, 15) is 9.59 Å². The zero-order valence-electron chi connectivity index (χ0n) is 18.1. The number of nitrogens with zero attached hydrogens (tertiary/aromatic N) is 1. The highest BCUT2D eigenvalue weighted by Gasteiger charge is 2.29. The number of benzene rings is 3. The molecular weight excluding hydrogens is 384 g/mol. The van der Waals surface area contributed by atoms with E-state index in [4.69, 9.17) is 0 Å². The van der Waals surface area contributed by atoms with Gasteiger partial charge in [0.05, 0.1) is 6.04 Å².